The molecule has 1 aromatic rings. The topological polar surface area (TPSA) is 40.5 Å². The minimum atomic E-state index is 0.0911. The van der Waals surface area contributed by atoms with Crippen LogP contribution in [0.4, 0.5) is 0 Å². The first-order chi connectivity index (χ1) is 6.38. The van der Waals surface area contributed by atoms with E-state index in [4.69, 9.17) is 10.2 Å². The smallest absolute Gasteiger partial charge is 0.0591 e. The fourth-order valence-corrected chi connectivity index (χ4v) is 1.96. The molecule has 0 bridgehead atoms. The first kappa shape index (κ1) is 10.6. The van der Waals surface area contributed by atoms with E-state index in [0.29, 0.717) is 5.75 Å². The van der Waals surface area contributed by atoms with Crippen LogP contribution in [0.3, 0.4) is 0 Å². The highest BCUT2D eigenvalue weighted by molar-refractivity contribution is 7.99. The summed E-state index contributed by atoms with van der Waals surface area (Å²) in [6.07, 6.45) is 0. The van der Waals surface area contributed by atoms with Gasteiger partial charge in [-0.1, -0.05) is 30.3 Å². The lowest BCUT2D eigenvalue weighted by molar-refractivity contribution is 0.295. The van der Waals surface area contributed by atoms with Gasteiger partial charge in [0.05, 0.1) is 18.5 Å². The van der Waals surface area contributed by atoms with E-state index in [1.54, 1.807) is 11.8 Å². The Hall–Kier alpha value is -0.510. The Morgan fingerprint density at radius 3 is 2.38 bits per heavy atom. The number of thioether (sulfide) groups is 1. The van der Waals surface area contributed by atoms with E-state index in [2.05, 4.69) is 0 Å². The summed E-state index contributed by atoms with van der Waals surface area (Å²) in [4.78, 5) is 0. The molecule has 13 heavy (non-hydrogen) atoms. The lowest BCUT2D eigenvalue weighted by Crippen LogP contribution is -2.01. The Labute approximate surface area is 82.6 Å². The highest BCUT2D eigenvalue weighted by Gasteiger charge is 2.08. The minimum absolute atomic E-state index is 0.0911. The molecule has 0 radical (unpaired) electrons. The second-order valence-corrected chi connectivity index (χ2v) is 3.99. The van der Waals surface area contributed by atoms with Crippen LogP contribution in [0.5, 0.6) is 0 Å². The molecule has 2 N–H and O–H groups in total. The fourth-order valence-electron chi connectivity index (χ4n) is 1.12. The van der Waals surface area contributed by atoms with E-state index < -0.39 is 0 Å². The van der Waals surface area contributed by atoms with Crippen LogP contribution in [0.2, 0.25) is 0 Å². The molecule has 0 amide bonds. The van der Waals surface area contributed by atoms with E-state index in [1.165, 1.54) is 0 Å². The van der Waals surface area contributed by atoms with Crippen molar-refractivity contribution in [2.75, 3.05) is 19.0 Å². The molecular formula is C10H14O2S. The van der Waals surface area contributed by atoms with Crippen LogP contribution in [0.25, 0.3) is 0 Å². The average Bonchev–Trinajstić information content (AvgIpc) is 2.21. The maximum Gasteiger partial charge on any atom is 0.0591 e. The lowest BCUT2D eigenvalue weighted by atomic mass is 10.2. The van der Waals surface area contributed by atoms with Crippen LogP contribution >= 0.6 is 11.8 Å². The van der Waals surface area contributed by atoms with Gasteiger partial charge in [0.25, 0.3) is 0 Å². The van der Waals surface area contributed by atoms with Crippen LogP contribution in [0.15, 0.2) is 30.3 Å². The van der Waals surface area contributed by atoms with Gasteiger partial charge in [0, 0.05) is 5.75 Å². The molecule has 1 unspecified atom stereocenters. The Bertz CT molecular complexity index is 226. The highest BCUT2D eigenvalue weighted by Crippen LogP contribution is 2.27. The second-order valence-electron chi connectivity index (χ2n) is 2.68. The van der Waals surface area contributed by atoms with Crippen molar-refractivity contribution < 1.29 is 10.2 Å². The van der Waals surface area contributed by atoms with Crippen molar-refractivity contribution in [3.05, 3.63) is 35.9 Å². The van der Waals surface area contributed by atoms with Gasteiger partial charge in [-0.05, 0) is 5.56 Å². The monoisotopic (exact) mass is 198 g/mol. The number of aliphatic hydroxyl groups excluding tert-OH is 2. The van der Waals surface area contributed by atoms with Gasteiger partial charge < -0.3 is 10.2 Å². The Morgan fingerprint density at radius 1 is 1.15 bits per heavy atom. The van der Waals surface area contributed by atoms with Gasteiger partial charge in [0.15, 0.2) is 0 Å². The van der Waals surface area contributed by atoms with Crippen molar-refractivity contribution in [3.63, 3.8) is 0 Å². The number of hydrogen-bond acceptors (Lipinski definition) is 3. The molecule has 0 aliphatic carbocycles. The van der Waals surface area contributed by atoms with Gasteiger partial charge in [-0.2, -0.15) is 0 Å². The zero-order chi connectivity index (χ0) is 9.52. The van der Waals surface area contributed by atoms with Gasteiger partial charge in [0.2, 0.25) is 0 Å². The standard InChI is InChI=1S/C10H14O2S/c11-6-7-13-10(8-12)9-4-2-1-3-5-9/h1-5,10-12H,6-8H2. The van der Waals surface area contributed by atoms with E-state index in [1.807, 2.05) is 30.3 Å². The summed E-state index contributed by atoms with van der Waals surface area (Å²) in [6.45, 7) is 0.280. The Morgan fingerprint density at radius 2 is 1.85 bits per heavy atom. The quantitative estimate of drug-likeness (QED) is 0.752. The summed E-state index contributed by atoms with van der Waals surface area (Å²) in [5.74, 6) is 0.667. The van der Waals surface area contributed by atoms with E-state index in [0.717, 1.165) is 5.56 Å². The number of benzene rings is 1. The molecule has 1 rings (SSSR count). The second kappa shape index (κ2) is 6.02. The fraction of sp³-hybridized carbons (Fsp3) is 0.400. The summed E-state index contributed by atoms with van der Waals surface area (Å²) in [7, 11) is 0. The van der Waals surface area contributed by atoms with Crippen molar-refractivity contribution >= 4 is 11.8 Å². The van der Waals surface area contributed by atoms with Crippen LogP contribution in [-0.2, 0) is 0 Å². The number of aliphatic hydroxyl groups is 2. The highest BCUT2D eigenvalue weighted by atomic mass is 32.2. The third-order valence-corrected chi connectivity index (χ3v) is 2.99. The van der Waals surface area contributed by atoms with E-state index in [9.17, 15) is 0 Å². The lowest BCUT2D eigenvalue weighted by Gasteiger charge is -2.12. The largest absolute Gasteiger partial charge is 0.396 e. The average molecular weight is 198 g/mol. The first-order valence-electron chi connectivity index (χ1n) is 4.26. The SMILES string of the molecule is OCCSC(CO)c1ccccc1. The molecule has 0 saturated heterocycles. The summed E-state index contributed by atoms with van der Waals surface area (Å²) in [6, 6.07) is 9.85. The third-order valence-electron chi connectivity index (χ3n) is 1.75. The normalized spacial score (nSPS) is 12.8. The molecule has 0 fully saturated rings. The van der Waals surface area contributed by atoms with Gasteiger partial charge in [-0.3, -0.25) is 0 Å². The van der Waals surface area contributed by atoms with E-state index in [-0.39, 0.29) is 18.5 Å². The number of rotatable bonds is 5. The van der Waals surface area contributed by atoms with E-state index >= 15 is 0 Å². The predicted molar refractivity (Wildman–Crippen MR) is 55.8 cm³/mol. The molecule has 3 heteroatoms. The molecule has 0 aliphatic rings. The van der Waals surface area contributed by atoms with Crippen LogP contribution in [0.1, 0.15) is 10.8 Å². The van der Waals surface area contributed by atoms with Gasteiger partial charge in [0.1, 0.15) is 0 Å². The van der Waals surface area contributed by atoms with Crippen LogP contribution in [-0.4, -0.2) is 29.2 Å². The Balaban J connectivity index is 2.56. The van der Waals surface area contributed by atoms with Crippen molar-refractivity contribution in [2.45, 2.75) is 5.25 Å². The van der Waals surface area contributed by atoms with Gasteiger partial charge >= 0.3 is 0 Å². The van der Waals surface area contributed by atoms with Crippen molar-refractivity contribution in [3.8, 4) is 0 Å². The molecule has 0 aliphatic heterocycles. The predicted octanol–water partition coefficient (Wildman–Crippen LogP) is 1.45. The van der Waals surface area contributed by atoms with Gasteiger partial charge in [-0.25, -0.2) is 0 Å². The minimum Gasteiger partial charge on any atom is -0.396 e. The molecule has 2 nitrogen and oxygen atoms in total. The zero-order valence-electron chi connectivity index (χ0n) is 7.39. The molecule has 72 valence electrons. The zero-order valence-corrected chi connectivity index (χ0v) is 8.20. The molecule has 1 aromatic carbocycles. The Kier molecular flexibility index (Phi) is 4.90. The summed E-state index contributed by atoms with van der Waals surface area (Å²) in [5.41, 5.74) is 1.11. The number of hydrogen-bond donors (Lipinski definition) is 2. The van der Waals surface area contributed by atoms with Crippen LogP contribution in [0, 0.1) is 0 Å². The van der Waals surface area contributed by atoms with Gasteiger partial charge in [-0.15, -0.1) is 11.8 Å². The van der Waals surface area contributed by atoms with Crippen molar-refractivity contribution in [1.29, 1.82) is 0 Å². The maximum absolute atomic E-state index is 9.10. The molecular weight excluding hydrogens is 184 g/mol. The van der Waals surface area contributed by atoms with Crippen molar-refractivity contribution in [2.24, 2.45) is 0 Å². The molecule has 0 spiro atoms. The molecule has 0 saturated carbocycles. The molecule has 1 atom stereocenters. The van der Waals surface area contributed by atoms with Crippen molar-refractivity contribution in [1.82, 2.24) is 0 Å². The molecule has 0 heterocycles. The maximum atomic E-state index is 9.10. The first-order valence-corrected chi connectivity index (χ1v) is 5.31. The summed E-state index contributed by atoms with van der Waals surface area (Å²) < 4.78 is 0. The summed E-state index contributed by atoms with van der Waals surface area (Å²) in [5, 5.41) is 17.8. The summed E-state index contributed by atoms with van der Waals surface area (Å²) >= 11 is 1.57. The van der Waals surface area contributed by atoms with Crippen LogP contribution < -0.4 is 0 Å². The molecule has 0 aromatic heterocycles. The third kappa shape index (κ3) is 3.38.